The molecule has 3 aromatic rings. The van der Waals surface area contributed by atoms with Crippen molar-refractivity contribution in [3.05, 3.63) is 47.4 Å². The molecule has 11 heteroatoms. The smallest absolute Gasteiger partial charge is 0.343 e. The van der Waals surface area contributed by atoms with E-state index in [0.717, 1.165) is 29.9 Å². The summed E-state index contributed by atoms with van der Waals surface area (Å²) in [4.78, 5) is 32.5. The molecule has 0 atom stereocenters. The molecule has 1 fully saturated rings. The van der Waals surface area contributed by atoms with Crippen LogP contribution in [0.1, 0.15) is 52.5 Å². The lowest BCUT2D eigenvalue weighted by molar-refractivity contribution is 0.0378. The van der Waals surface area contributed by atoms with Crippen LogP contribution in [0.25, 0.3) is 0 Å². The molecule has 218 valence electrons. The maximum atomic E-state index is 13.2. The average molecular weight is 564 g/mol. The molecule has 1 spiro atoms. The SMILES string of the molecule is [2H]C([2H])([2H])N(CCN(C)C)c1cc(OC)c(Nc2ncc(C(=O)OC(C)C)c(N3CC4(CC4)c4nc(C)ccc43)n2)cc1N. The minimum Gasteiger partial charge on any atom is -0.494 e. The Morgan fingerprint density at radius 1 is 1.24 bits per heavy atom. The Morgan fingerprint density at radius 2 is 2.02 bits per heavy atom. The summed E-state index contributed by atoms with van der Waals surface area (Å²) in [5, 5.41) is 3.17. The van der Waals surface area contributed by atoms with Crippen LogP contribution in [0.3, 0.4) is 0 Å². The monoisotopic (exact) mass is 563 g/mol. The standard InChI is InChI=1S/C30H40N8O3/c1-18(2)41-28(39)20-16-32-29(34-22-14-21(31)24(15-25(22)40-7)37(6)13-12-36(4)5)35-27(20)38-17-30(10-11-30)26-23(38)9-8-19(3)33-26/h8-9,14-16,18H,10-13,17,31H2,1-7H3,(H,32,34,35)/i6D3. The third kappa shape index (κ3) is 5.72. The number of methoxy groups -OCH3 is 1. The van der Waals surface area contributed by atoms with E-state index in [2.05, 4.69) is 10.3 Å². The Bertz CT molecular complexity index is 1560. The van der Waals surface area contributed by atoms with Gasteiger partial charge in [0.05, 0.1) is 41.7 Å². The summed E-state index contributed by atoms with van der Waals surface area (Å²) in [6.07, 6.45) is 3.16. The van der Waals surface area contributed by atoms with Gasteiger partial charge in [-0.3, -0.25) is 4.98 Å². The number of pyridine rings is 1. The number of esters is 1. The normalized spacial score (nSPS) is 16.3. The van der Waals surface area contributed by atoms with E-state index >= 15 is 0 Å². The van der Waals surface area contributed by atoms with E-state index in [1.165, 1.54) is 18.2 Å². The second kappa shape index (κ2) is 11.0. The molecule has 0 unspecified atom stereocenters. The van der Waals surface area contributed by atoms with Gasteiger partial charge in [-0.05, 0) is 65.9 Å². The van der Waals surface area contributed by atoms with Gasteiger partial charge < -0.3 is 35.2 Å². The van der Waals surface area contributed by atoms with Crippen molar-refractivity contribution in [3.8, 4) is 5.75 Å². The second-order valence-corrected chi connectivity index (χ2v) is 11.3. The van der Waals surface area contributed by atoms with E-state index in [-0.39, 0.29) is 35.3 Å². The van der Waals surface area contributed by atoms with Crippen LogP contribution >= 0.6 is 0 Å². The predicted octanol–water partition coefficient (Wildman–Crippen LogP) is 4.26. The molecule has 0 amide bonds. The van der Waals surface area contributed by atoms with E-state index in [4.69, 9.17) is 29.3 Å². The summed E-state index contributed by atoms with van der Waals surface area (Å²) >= 11 is 0. The zero-order valence-corrected chi connectivity index (χ0v) is 24.5. The number of aromatic nitrogens is 3. The minimum atomic E-state index is -2.42. The number of benzene rings is 1. The molecule has 3 N–H and O–H groups in total. The zero-order chi connectivity index (χ0) is 32.0. The van der Waals surface area contributed by atoms with Gasteiger partial charge in [-0.1, -0.05) is 0 Å². The second-order valence-electron chi connectivity index (χ2n) is 11.3. The Morgan fingerprint density at radius 3 is 2.68 bits per heavy atom. The molecule has 0 saturated heterocycles. The number of nitrogens with one attached hydrogen (secondary N) is 1. The van der Waals surface area contributed by atoms with Crippen molar-refractivity contribution in [2.24, 2.45) is 0 Å². The molecule has 0 bridgehead atoms. The van der Waals surface area contributed by atoms with Crippen molar-refractivity contribution in [3.63, 3.8) is 0 Å². The maximum absolute atomic E-state index is 13.2. The number of nitrogen functional groups attached to an aromatic ring is 1. The van der Waals surface area contributed by atoms with E-state index in [0.29, 0.717) is 36.0 Å². The first-order valence-electron chi connectivity index (χ1n) is 15.2. The Hall–Kier alpha value is -4.12. The van der Waals surface area contributed by atoms with Crippen LogP contribution in [-0.4, -0.2) is 79.7 Å². The zero-order valence-electron chi connectivity index (χ0n) is 27.5. The number of carbonyl (C=O) groups excluding carboxylic acids is 1. The third-order valence-electron chi connectivity index (χ3n) is 7.36. The molecular weight excluding hydrogens is 520 g/mol. The molecule has 1 aliphatic heterocycles. The van der Waals surface area contributed by atoms with Crippen molar-refractivity contribution in [2.45, 2.75) is 45.1 Å². The van der Waals surface area contributed by atoms with E-state index < -0.39 is 12.9 Å². The van der Waals surface area contributed by atoms with Crippen molar-refractivity contribution in [1.82, 2.24) is 19.9 Å². The van der Waals surface area contributed by atoms with Crippen molar-refractivity contribution in [1.29, 1.82) is 0 Å². The van der Waals surface area contributed by atoms with Crippen molar-refractivity contribution in [2.75, 3.05) is 68.7 Å². The number of nitrogens with zero attached hydrogens (tertiary/aromatic N) is 6. The van der Waals surface area contributed by atoms with Crippen molar-refractivity contribution < 1.29 is 18.4 Å². The number of likely N-dealkylation sites (N-methyl/N-ethyl adjacent to an activating group) is 2. The van der Waals surface area contributed by atoms with Crippen LogP contribution < -0.4 is 25.6 Å². The van der Waals surface area contributed by atoms with Gasteiger partial charge in [0.15, 0.2) is 5.82 Å². The first-order chi connectivity index (χ1) is 20.7. The first-order valence-corrected chi connectivity index (χ1v) is 13.7. The number of ether oxygens (including phenoxy) is 2. The summed E-state index contributed by atoms with van der Waals surface area (Å²) < 4.78 is 35.5. The highest BCUT2D eigenvalue weighted by Gasteiger charge is 2.54. The fraction of sp³-hybridized carbons (Fsp3) is 0.467. The molecule has 2 aromatic heterocycles. The van der Waals surface area contributed by atoms with Gasteiger partial charge in [0, 0.05) is 54.1 Å². The van der Waals surface area contributed by atoms with Crippen LogP contribution in [0.5, 0.6) is 5.75 Å². The van der Waals surface area contributed by atoms with Crippen LogP contribution in [0.4, 0.5) is 34.5 Å². The summed E-state index contributed by atoms with van der Waals surface area (Å²) in [7, 11) is 5.24. The van der Waals surface area contributed by atoms with Gasteiger partial charge in [0.1, 0.15) is 11.3 Å². The summed E-state index contributed by atoms with van der Waals surface area (Å²) in [6.45, 7) is 4.52. The van der Waals surface area contributed by atoms with Gasteiger partial charge in [-0.2, -0.15) is 4.98 Å². The molecule has 1 aromatic carbocycles. The number of fused-ring (bicyclic) bond motifs is 2. The Labute approximate surface area is 245 Å². The lowest BCUT2D eigenvalue weighted by Crippen LogP contribution is -2.29. The van der Waals surface area contributed by atoms with Gasteiger partial charge in [0.25, 0.3) is 0 Å². The van der Waals surface area contributed by atoms with Crippen molar-refractivity contribution >= 4 is 40.5 Å². The quantitative estimate of drug-likeness (QED) is 0.272. The fourth-order valence-corrected chi connectivity index (χ4v) is 5.04. The molecule has 1 aliphatic carbocycles. The molecular formula is C30H40N8O3. The first kappa shape index (κ1) is 24.7. The van der Waals surface area contributed by atoms with Crippen LogP contribution in [0.15, 0.2) is 30.5 Å². The fourth-order valence-electron chi connectivity index (χ4n) is 5.04. The molecule has 0 radical (unpaired) electrons. The molecule has 11 nitrogen and oxygen atoms in total. The highest BCUT2D eigenvalue weighted by Crippen LogP contribution is 2.57. The van der Waals surface area contributed by atoms with Gasteiger partial charge in [-0.15, -0.1) is 0 Å². The highest BCUT2D eigenvalue weighted by atomic mass is 16.5. The highest BCUT2D eigenvalue weighted by molar-refractivity contribution is 5.96. The number of anilines is 6. The number of rotatable bonds is 10. The number of hydrogen-bond acceptors (Lipinski definition) is 11. The molecule has 41 heavy (non-hydrogen) atoms. The summed E-state index contributed by atoms with van der Waals surface area (Å²) in [5.74, 6) is 0.438. The third-order valence-corrected chi connectivity index (χ3v) is 7.36. The van der Waals surface area contributed by atoms with E-state index in [9.17, 15) is 4.79 Å². The largest absolute Gasteiger partial charge is 0.494 e. The average Bonchev–Trinajstić information content (AvgIpc) is 3.65. The number of nitrogens with two attached hydrogens (primary N) is 1. The Kier molecular flexibility index (Phi) is 6.64. The van der Waals surface area contributed by atoms with Crippen LogP contribution in [0, 0.1) is 6.92 Å². The van der Waals surface area contributed by atoms with E-state index in [1.54, 1.807) is 26.0 Å². The van der Waals surface area contributed by atoms with Gasteiger partial charge in [-0.25, -0.2) is 9.78 Å². The number of carbonyl (C=O) groups is 1. The maximum Gasteiger partial charge on any atom is 0.343 e. The molecule has 3 heterocycles. The van der Waals surface area contributed by atoms with E-state index in [1.807, 2.05) is 43.0 Å². The summed E-state index contributed by atoms with van der Waals surface area (Å²) in [6, 6.07) is 7.17. The lowest BCUT2D eigenvalue weighted by Gasteiger charge is -2.25. The molecule has 1 saturated carbocycles. The number of aryl methyl sites for hydroxylation is 1. The van der Waals surface area contributed by atoms with Gasteiger partial charge >= 0.3 is 5.97 Å². The lowest BCUT2D eigenvalue weighted by atomic mass is 10.0. The summed E-state index contributed by atoms with van der Waals surface area (Å²) in [5.41, 5.74) is 10.5. The van der Waals surface area contributed by atoms with Crippen LogP contribution in [0.2, 0.25) is 0 Å². The molecule has 2 aliphatic rings. The Balaban J connectivity index is 1.54. The van der Waals surface area contributed by atoms with Crippen LogP contribution in [-0.2, 0) is 10.2 Å². The topological polar surface area (TPSA) is 122 Å². The minimum absolute atomic E-state index is 0.0617. The predicted molar refractivity (Wildman–Crippen MR) is 162 cm³/mol. The molecule has 5 rings (SSSR count). The van der Waals surface area contributed by atoms with Gasteiger partial charge in [0.2, 0.25) is 5.95 Å². The number of hydrogen-bond donors (Lipinski definition) is 2.